The Balaban J connectivity index is 1.71. The number of likely N-dealkylation sites (tertiary alicyclic amines) is 1. The van der Waals surface area contributed by atoms with Crippen molar-refractivity contribution in [1.82, 2.24) is 19.7 Å². The molecular weight excluding hydrogens is 314 g/mol. The molecule has 3 rings (SSSR count). The molecule has 1 amide bonds. The summed E-state index contributed by atoms with van der Waals surface area (Å²) in [6, 6.07) is 3.26. The van der Waals surface area contributed by atoms with Crippen molar-refractivity contribution < 1.29 is 13.6 Å². The largest absolute Gasteiger partial charge is 0.340 e. The third kappa shape index (κ3) is 3.44. The number of aromatic nitrogens is 3. The molecule has 128 valence electrons. The van der Waals surface area contributed by atoms with E-state index in [9.17, 15) is 13.6 Å². The van der Waals surface area contributed by atoms with Gasteiger partial charge < -0.3 is 4.90 Å². The molecule has 1 atom stereocenters. The first-order chi connectivity index (χ1) is 11.4. The molecule has 2 aromatic rings. The van der Waals surface area contributed by atoms with Gasteiger partial charge in [-0.2, -0.15) is 5.10 Å². The van der Waals surface area contributed by atoms with Crippen LogP contribution in [0.1, 0.15) is 36.1 Å². The van der Waals surface area contributed by atoms with Crippen LogP contribution in [-0.4, -0.2) is 38.7 Å². The van der Waals surface area contributed by atoms with Crippen LogP contribution < -0.4 is 0 Å². The van der Waals surface area contributed by atoms with Crippen LogP contribution in [-0.2, 0) is 11.2 Å². The number of hydrogen-bond acceptors (Lipinski definition) is 3. The third-order valence-corrected chi connectivity index (χ3v) is 4.35. The Bertz CT molecular complexity index is 759. The second kappa shape index (κ2) is 6.67. The Labute approximate surface area is 139 Å². The van der Waals surface area contributed by atoms with Gasteiger partial charge in [-0.3, -0.25) is 4.79 Å². The topological polar surface area (TPSA) is 51.0 Å². The lowest BCUT2D eigenvalue weighted by molar-refractivity contribution is -0.132. The van der Waals surface area contributed by atoms with E-state index >= 15 is 0 Å². The van der Waals surface area contributed by atoms with Gasteiger partial charge in [-0.05, 0) is 44.9 Å². The molecule has 0 aliphatic carbocycles. The summed E-state index contributed by atoms with van der Waals surface area (Å²) in [5.74, 6) is 0.241. The highest BCUT2D eigenvalue weighted by Crippen LogP contribution is 2.23. The number of piperidine rings is 1. The van der Waals surface area contributed by atoms with Crippen molar-refractivity contribution in [3.8, 4) is 0 Å². The number of hydrogen-bond donors (Lipinski definition) is 0. The molecule has 1 aromatic carbocycles. The highest BCUT2D eigenvalue weighted by atomic mass is 19.1. The van der Waals surface area contributed by atoms with Gasteiger partial charge in [0.1, 0.15) is 23.3 Å². The summed E-state index contributed by atoms with van der Waals surface area (Å²) in [4.78, 5) is 18.5. The number of aryl methyl sites for hydroxylation is 2. The predicted octanol–water partition coefficient (Wildman–Crippen LogP) is 2.58. The van der Waals surface area contributed by atoms with Crippen LogP contribution in [0, 0.1) is 25.5 Å². The normalized spacial score (nSPS) is 18.0. The zero-order chi connectivity index (χ0) is 17.3. The Morgan fingerprint density at radius 1 is 1.33 bits per heavy atom. The second-order valence-electron chi connectivity index (χ2n) is 6.20. The number of carbonyl (C=O) groups excluding carboxylic acids is 1. The summed E-state index contributed by atoms with van der Waals surface area (Å²) < 4.78 is 28.9. The van der Waals surface area contributed by atoms with E-state index in [0.717, 1.165) is 36.9 Å². The molecule has 0 spiro atoms. The average Bonchev–Trinajstić information content (AvgIpc) is 2.89. The molecule has 0 saturated carbocycles. The predicted molar refractivity (Wildman–Crippen MR) is 84.4 cm³/mol. The first-order valence-corrected chi connectivity index (χ1v) is 8.05. The van der Waals surface area contributed by atoms with Crippen molar-refractivity contribution >= 4 is 5.91 Å². The number of carbonyl (C=O) groups is 1. The van der Waals surface area contributed by atoms with Gasteiger partial charge in [-0.1, -0.05) is 0 Å². The van der Waals surface area contributed by atoms with E-state index in [-0.39, 0.29) is 23.9 Å². The van der Waals surface area contributed by atoms with Crippen LogP contribution in [0.2, 0.25) is 0 Å². The molecule has 2 heterocycles. The number of amides is 1. The number of nitrogens with zero attached hydrogens (tertiary/aromatic N) is 4. The highest BCUT2D eigenvalue weighted by Gasteiger charge is 2.27. The van der Waals surface area contributed by atoms with Crippen molar-refractivity contribution in [1.29, 1.82) is 0 Å². The summed E-state index contributed by atoms with van der Waals surface area (Å²) in [5, 5.41) is 4.40. The second-order valence-corrected chi connectivity index (χ2v) is 6.20. The Morgan fingerprint density at radius 3 is 2.83 bits per heavy atom. The zero-order valence-electron chi connectivity index (χ0n) is 13.8. The summed E-state index contributed by atoms with van der Waals surface area (Å²) in [6.07, 6.45) is 1.63. The van der Waals surface area contributed by atoms with E-state index in [4.69, 9.17) is 0 Å². The monoisotopic (exact) mass is 334 g/mol. The fourth-order valence-corrected chi connectivity index (χ4v) is 3.22. The van der Waals surface area contributed by atoms with E-state index in [1.807, 2.05) is 18.5 Å². The van der Waals surface area contributed by atoms with Crippen LogP contribution in [0.25, 0.3) is 0 Å². The van der Waals surface area contributed by atoms with Gasteiger partial charge in [0.2, 0.25) is 5.91 Å². The molecule has 1 saturated heterocycles. The van der Waals surface area contributed by atoms with Gasteiger partial charge in [-0.15, -0.1) is 0 Å². The summed E-state index contributed by atoms with van der Waals surface area (Å²) in [5.41, 5.74) is 0.0925. The lowest BCUT2D eigenvalue weighted by Crippen LogP contribution is -2.42. The van der Waals surface area contributed by atoms with Crippen molar-refractivity contribution in [2.24, 2.45) is 0 Å². The Morgan fingerprint density at radius 2 is 2.12 bits per heavy atom. The fourth-order valence-electron chi connectivity index (χ4n) is 3.22. The highest BCUT2D eigenvalue weighted by molar-refractivity contribution is 5.79. The molecule has 0 bridgehead atoms. The Hall–Kier alpha value is -2.31. The molecule has 1 aliphatic heterocycles. The minimum Gasteiger partial charge on any atom is -0.340 e. The molecule has 5 nitrogen and oxygen atoms in total. The first-order valence-electron chi connectivity index (χ1n) is 8.05. The van der Waals surface area contributed by atoms with Gasteiger partial charge in [0.15, 0.2) is 0 Å². The summed E-state index contributed by atoms with van der Waals surface area (Å²) in [7, 11) is 0. The van der Waals surface area contributed by atoms with Crippen LogP contribution in [0.4, 0.5) is 8.78 Å². The Kier molecular flexibility index (Phi) is 4.59. The molecule has 1 aliphatic rings. The van der Waals surface area contributed by atoms with E-state index < -0.39 is 11.6 Å². The van der Waals surface area contributed by atoms with Gasteiger partial charge >= 0.3 is 0 Å². The zero-order valence-corrected chi connectivity index (χ0v) is 13.8. The van der Waals surface area contributed by atoms with E-state index in [1.54, 1.807) is 4.90 Å². The molecule has 0 radical (unpaired) electrons. The smallest absolute Gasteiger partial charge is 0.227 e. The van der Waals surface area contributed by atoms with Crippen LogP contribution in [0.5, 0.6) is 0 Å². The lowest BCUT2D eigenvalue weighted by Gasteiger charge is -2.33. The molecule has 1 aromatic heterocycles. The molecule has 7 heteroatoms. The molecule has 0 unspecified atom stereocenters. The third-order valence-electron chi connectivity index (χ3n) is 4.35. The van der Waals surface area contributed by atoms with E-state index in [0.29, 0.717) is 18.9 Å². The summed E-state index contributed by atoms with van der Waals surface area (Å²) >= 11 is 0. The quantitative estimate of drug-likeness (QED) is 0.867. The number of benzene rings is 1. The fraction of sp³-hybridized carbons (Fsp3) is 0.471. The minimum atomic E-state index is -0.555. The standard InChI is InChI=1S/C17H20F2N4O/c1-11-20-12(2)23(21-11)15-4-3-7-22(10-15)17(24)9-13-8-14(18)5-6-16(13)19/h5-6,8,15H,3-4,7,9-10H2,1-2H3/t15-/m0/s1. The summed E-state index contributed by atoms with van der Waals surface area (Å²) in [6.45, 7) is 4.86. The van der Waals surface area contributed by atoms with Gasteiger partial charge in [0.05, 0.1) is 12.5 Å². The van der Waals surface area contributed by atoms with Gasteiger partial charge in [0.25, 0.3) is 0 Å². The van der Waals surface area contributed by atoms with Crippen molar-refractivity contribution in [3.05, 3.63) is 47.0 Å². The molecule has 1 fully saturated rings. The first kappa shape index (κ1) is 16.5. The SMILES string of the molecule is Cc1nc(C)n([C@H]2CCCN(C(=O)Cc3cc(F)ccc3F)C2)n1. The van der Waals surface area contributed by atoms with Gasteiger partial charge in [0, 0.05) is 18.7 Å². The maximum absolute atomic E-state index is 13.7. The average molecular weight is 334 g/mol. The molecule has 24 heavy (non-hydrogen) atoms. The van der Waals surface area contributed by atoms with E-state index in [2.05, 4.69) is 10.1 Å². The van der Waals surface area contributed by atoms with Crippen LogP contribution in [0.3, 0.4) is 0 Å². The minimum absolute atomic E-state index is 0.0706. The van der Waals surface area contributed by atoms with E-state index in [1.165, 1.54) is 0 Å². The van der Waals surface area contributed by atoms with Crippen molar-refractivity contribution in [3.63, 3.8) is 0 Å². The molecule has 0 N–H and O–H groups in total. The maximum atomic E-state index is 13.7. The van der Waals surface area contributed by atoms with Gasteiger partial charge in [-0.25, -0.2) is 18.4 Å². The lowest BCUT2D eigenvalue weighted by atomic mass is 10.0. The van der Waals surface area contributed by atoms with Crippen molar-refractivity contribution in [2.75, 3.05) is 13.1 Å². The van der Waals surface area contributed by atoms with Crippen LogP contribution >= 0.6 is 0 Å². The van der Waals surface area contributed by atoms with Crippen molar-refractivity contribution in [2.45, 2.75) is 39.2 Å². The molecular formula is C17H20F2N4O. The van der Waals surface area contributed by atoms with Crippen LogP contribution in [0.15, 0.2) is 18.2 Å². The maximum Gasteiger partial charge on any atom is 0.227 e. The number of halogens is 2. The number of rotatable bonds is 3.